The van der Waals surface area contributed by atoms with Crippen LogP contribution in [0.4, 0.5) is 0 Å². The van der Waals surface area contributed by atoms with Gasteiger partial charge in [-0.15, -0.1) is 11.3 Å². The molecule has 3 rings (SSSR count). The maximum atomic E-state index is 10.7. The normalized spacial score (nSPS) is 15.4. The Balaban J connectivity index is 1.97. The van der Waals surface area contributed by atoms with Crippen molar-refractivity contribution in [2.24, 2.45) is 0 Å². The van der Waals surface area contributed by atoms with Crippen LogP contribution in [0.3, 0.4) is 0 Å². The van der Waals surface area contributed by atoms with Crippen LogP contribution in [-0.4, -0.2) is 25.1 Å². The van der Waals surface area contributed by atoms with E-state index in [-0.39, 0.29) is 0 Å². The number of ether oxygens (including phenoxy) is 2. The Hall–Kier alpha value is -1.17. The third-order valence-corrected chi connectivity index (χ3v) is 5.95. The highest BCUT2D eigenvalue weighted by Gasteiger charge is 2.22. The van der Waals surface area contributed by atoms with Gasteiger partial charge in [0.1, 0.15) is 17.6 Å². The Kier molecular flexibility index (Phi) is 4.42. The number of benzene rings is 1. The van der Waals surface area contributed by atoms with Gasteiger partial charge in [0.05, 0.1) is 14.2 Å². The van der Waals surface area contributed by atoms with E-state index in [0.29, 0.717) is 5.75 Å². The van der Waals surface area contributed by atoms with E-state index in [2.05, 4.69) is 6.07 Å². The van der Waals surface area contributed by atoms with Crippen LogP contribution in [0, 0.1) is 0 Å². The molecule has 0 radical (unpaired) electrons. The number of aryl methyl sites for hydroxylation is 1. The monoisotopic (exact) mass is 322 g/mol. The Morgan fingerprint density at radius 3 is 2.76 bits per heavy atom. The first-order valence-electron chi connectivity index (χ1n) is 6.82. The molecule has 21 heavy (non-hydrogen) atoms. The molecule has 0 fully saturated rings. The van der Waals surface area contributed by atoms with Crippen LogP contribution in [0.2, 0.25) is 0 Å². The predicted octanol–water partition coefficient (Wildman–Crippen LogP) is 3.64. The lowest BCUT2D eigenvalue weighted by molar-refractivity contribution is 0.218. The molecule has 3 nitrogen and oxygen atoms in total. The summed E-state index contributed by atoms with van der Waals surface area (Å²) >= 11 is 3.66. The highest BCUT2D eigenvalue weighted by atomic mass is 32.2. The van der Waals surface area contributed by atoms with Crippen LogP contribution in [0.1, 0.15) is 27.0 Å². The van der Waals surface area contributed by atoms with Crippen molar-refractivity contribution < 1.29 is 14.6 Å². The van der Waals surface area contributed by atoms with E-state index in [1.165, 1.54) is 16.2 Å². The van der Waals surface area contributed by atoms with Crippen LogP contribution in [0.25, 0.3) is 0 Å². The highest BCUT2D eigenvalue weighted by molar-refractivity contribution is 7.98. The summed E-state index contributed by atoms with van der Waals surface area (Å²) < 4.78 is 10.6. The van der Waals surface area contributed by atoms with E-state index in [0.717, 1.165) is 28.4 Å². The fraction of sp³-hybridized carbons (Fsp3) is 0.375. The van der Waals surface area contributed by atoms with Gasteiger partial charge in [0.15, 0.2) is 0 Å². The lowest BCUT2D eigenvalue weighted by Gasteiger charge is -2.14. The molecule has 1 atom stereocenters. The molecule has 0 spiro atoms. The minimum Gasteiger partial charge on any atom is -0.497 e. The summed E-state index contributed by atoms with van der Waals surface area (Å²) in [5, 5.41) is 10.7. The van der Waals surface area contributed by atoms with Gasteiger partial charge < -0.3 is 14.6 Å². The average Bonchev–Trinajstić information content (AvgIpc) is 2.97. The molecule has 2 aromatic rings. The summed E-state index contributed by atoms with van der Waals surface area (Å²) in [6, 6.07) is 7.65. The van der Waals surface area contributed by atoms with Crippen LogP contribution < -0.4 is 9.47 Å². The number of thioether (sulfide) groups is 1. The number of methoxy groups -OCH3 is 2. The molecule has 0 saturated heterocycles. The highest BCUT2D eigenvalue weighted by Crippen LogP contribution is 2.39. The molecule has 1 aromatic heterocycles. The zero-order valence-corrected chi connectivity index (χ0v) is 13.7. The first-order chi connectivity index (χ1) is 10.2. The predicted molar refractivity (Wildman–Crippen MR) is 87.8 cm³/mol. The summed E-state index contributed by atoms with van der Waals surface area (Å²) in [4.78, 5) is 2.39. The van der Waals surface area contributed by atoms with Gasteiger partial charge in [-0.25, -0.2) is 0 Å². The topological polar surface area (TPSA) is 38.7 Å². The third-order valence-electron chi connectivity index (χ3n) is 3.65. The van der Waals surface area contributed by atoms with Gasteiger partial charge in [0, 0.05) is 21.1 Å². The minimum atomic E-state index is -0.671. The van der Waals surface area contributed by atoms with E-state index in [1.54, 1.807) is 25.6 Å². The van der Waals surface area contributed by atoms with E-state index in [1.807, 2.05) is 30.0 Å². The van der Waals surface area contributed by atoms with Crippen LogP contribution in [-0.2, 0) is 12.2 Å². The molecule has 0 aliphatic carbocycles. The van der Waals surface area contributed by atoms with Gasteiger partial charge >= 0.3 is 0 Å². The van der Waals surface area contributed by atoms with Crippen molar-refractivity contribution in [2.75, 3.05) is 20.0 Å². The Morgan fingerprint density at radius 2 is 2.05 bits per heavy atom. The molecule has 0 saturated carbocycles. The molecule has 0 amide bonds. The first kappa shape index (κ1) is 14.8. The molecule has 2 heterocycles. The second-order valence-corrected chi connectivity index (χ2v) is 7.18. The maximum Gasteiger partial charge on any atom is 0.125 e. The molecular weight excluding hydrogens is 304 g/mol. The average molecular weight is 322 g/mol. The van der Waals surface area contributed by atoms with Crippen molar-refractivity contribution in [3.63, 3.8) is 0 Å². The summed E-state index contributed by atoms with van der Waals surface area (Å²) in [7, 11) is 3.24. The Labute approximate surface area is 132 Å². The lowest BCUT2D eigenvalue weighted by Crippen LogP contribution is -2.01. The van der Waals surface area contributed by atoms with Crippen molar-refractivity contribution in [2.45, 2.75) is 18.3 Å². The van der Waals surface area contributed by atoms with Crippen molar-refractivity contribution in [1.82, 2.24) is 0 Å². The van der Waals surface area contributed by atoms with Crippen LogP contribution >= 0.6 is 23.1 Å². The van der Waals surface area contributed by atoms with Gasteiger partial charge in [-0.3, -0.25) is 0 Å². The molecule has 1 aromatic carbocycles. The maximum absolute atomic E-state index is 10.7. The van der Waals surface area contributed by atoms with Gasteiger partial charge in [-0.2, -0.15) is 11.8 Å². The zero-order valence-electron chi connectivity index (χ0n) is 12.1. The largest absolute Gasteiger partial charge is 0.497 e. The molecule has 1 N–H and O–H groups in total. The molecule has 1 unspecified atom stereocenters. The smallest absolute Gasteiger partial charge is 0.125 e. The number of rotatable bonds is 4. The fourth-order valence-corrected chi connectivity index (χ4v) is 4.89. The molecule has 5 heteroatoms. The zero-order chi connectivity index (χ0) is 14.8. The molecule has 112 valence electrons. The molecule has 1 aliphatic rings. The van der Waals surface area contributed by atoms with E-state index in [9.17, 15) is 5.11 Å². The van der Waals surface area contributed by atoms with Gasteiger partial charge in [0.2, 0.25) is 0 Å². The summed E-state index contributed by atoms with van der Waals surface area (Å²) in [5.41, 5.74) is 2.12. The third kappa shape index (κ3) is 2.91. The van der Waals surface area contributed by atoms with Crippen molar-refractivity contribution >= 4 is 23.1 Å². The van der Waals surface area contributed by atoms with Crippen molar-refractivity contribution in [3.8, 4) is 11.5 Å². The van der Waals surface area contributed by atoms with Gasteiger partial charge in [-0.1, -0.05) is 0 Å². The Bertz CT molecular complexity index is 613. The number of aliphatic hydroxyl groups is 1. The quantitative estimate of drug-likeness (QED) is 0.933. The van der Waals surface area contributed by atoms with Gasteiger partial charge in [-0.05, 0) is 42.0 Å². The minimum absolute atomic E-state index is 0.671. The lowest BCUT2D eigenvalue weighted by atomic mass is 10.1. The molecular formula is C16H18O3S2. The van der Waals surface area contributed by atoms with Crippen molar-refractivity contribution in [1.29, 1.82) is 0 Å². The standard InChI is InChI=1S/C16H18O3S2/c1-18-11-3-4-13(19-2)12(8-11)16(17)15-7-10-9-20-6-5-14(10)21-15/h3-4,7-8,16-17H,5-6,9H2,1-2H3. The summed E-state index contributed by atoms with van der Waals surface area (Å²) in [6.07, 6.45) is 0.433. The first-order valence-corrected chi connectivity index (χ1v) is 8.79. The van der Waals surface area contributed by atoms with Crippen molar-refractivity contribution in [3.05, 3.63) is 45.1 Å². The molecule has 0 bridgehead atoms. The summed E-state index contributed by atoms with van der Waals surface area (Å²) in [6.45, 7) is 0. The summed E-state index contributed by atoms with van der Waals surface area (Å²) in [5.74, 6) is 3.63. The van der Waals surface area contributed by atoms with Crippen LogP contribution in [0.5, 0.6) is 11.5 Å². The van der Waals surface area contributed by atoms with E-state index in [4.69, 9.17) is 9.47 Å². The van der Waals surface area contributed by atoms with E-state index >= 15 is 0 Å². The number of thiophene rings is 1. The molecule has 1 aliphatic heterocycles. The SMILES string of the molecule is COc1ccc(OC)c(C(O)c2cc3c(s2)CCSC3)c1. The number of hydrogen-bond acceptors (Lipinski definition) is 5. The van der Waals surface area contributed by atoms with Crippen LogP contribution in [0.15, 0.2) is 24.3 Å². The number of fused-ring (bicyclic) bond motifs is 1. The number of aliphatic hydroxyl groups excluding tert-OH is 1. The number of hydrogen-bond donors (Lipinski definition) is 1. The fourth-order valence-electron chi connectivity index (χ4n) is 2.51. The van der Waals surface area contributed by atoms with E-state index < -0.39 is 6.10 Å². The van der Waals surface area contributed by atoms with Gasteiger partial charge in [0.25, 0.3) is 0 Å². The second-order valence-electron chi connectivity index (χ2n) is 4.91. The Morgan fingerprint density at radius 1 is 1.19 bits per heavy atom. The second kappa shape index (κ2) is 6.30.